The molecule has 2 heterocycles. The van der Waals surface area contributed by atoms with Crippen molar-refractivity contribution in [3.05, 3.63) is 18.1 Å². The Morgan fingerprint density at radius 2 is 2.27 bits per heavy atom. The number of aliphatic hydroxyl groups is 1. The minimum absolute atomic E-state index is 0.167. The van der Waals surface area contributed by atoms with Crippen molar-refractivity contribution >= 4 is 5.82 Å². The minimum atomic E-state index is 0.167. The third-order valence-corrected chi connectivity index (χ3v) is 2.81. The minimum Gasteiger partial charge on any atom is -0.394 e. The van der Waals surface area contributed by atoms with E-state index in [1.165, 1.54) is 0 Å². The third kappa shape index (κ3) is 1.93. The molecule has 0 saturated carbocycles. The first-order valence-corrected chi connectivity index (χ1v) is 5.24. The van der Waals surface area contributed by atoms with Crippen LogP contribution in [0.2, 0.25) is 0 Å². The lowest BCUT2D eigenvalue weighted by atomic mass is 10.2. The zero-order valence-corrected chi connectivity index (χ0v) is 8.63. The molecule has 1 fully saturated rings. The summed E-state index contributed by atoms with van der Waals surface area (Å²) in [6.07, 6.45) is 5.42. The second-order valence-corrected chi connectivity index (χ2v) is 3.70. The van der Waals surface area contributed by atoms with Crippen molar-refractivity contribution < 1.29 is 5.11 Å². The van der Waals surface area contributed by atoms with Crippen LogP contribution in [-0.4, -0.2) is 34.3 Å². The summed E-state index contributed by atoms with van der Waals surface area (Å²) in [5.74, 6) is 0.830. The molecule has 1 aromatic heterocycles. The number of hydrogen-bond donors (Lipinski definition) is 2. The number of anilines is 1. The van der Waals surface area contributed by atoms with Crippen LogP contribution in [0.5, 0.6) is 0 Å². The molecular weight excluding hydrogens is 192 g/mol. The van der Waals surface area contributed by atoms with E-state index in [9.17, 15) is 5.11 Å². The summed E-state index contributed by atoms with van der Waals surface area (Å²) in [5.41, 5.74) is 6.42. The van der Waals surface area contributed by atoms with Gasteiger partial charge in [0.15, 0.2) is 5.82 Å². The average molecular weight is 208 g/mol. The Balaban J connectivity index is 2.27. The maximum atomic E-state index is 9.24. The molecule has 3 N–H and O–H groups in total. The fourth-order valence-corrected chi connectivity index (χ4v) is 2.05. The van der Waals surface area contributed by atoms with Crippen LogP contribution in [0.15, 0.2) is 12.4 Å². The van der Waals surface area contributed by atoms with Gasteiger partial charge in [0.2, 0.25) is 0 Å². The Labute approximate surface area is 88.9 Å². The van der Waals surface area contributed by atoms with Crippen LogP contribution in [0, 0.1) is 0 Å². The zero-order valence-electron chi connectivity index (χ0n) is 8.63. The van der Waals surface area contributed by atoms with E-state index in [0.717, 1.165) is 30.9 Å². The van der Waals surface area contributed by atoms with E-state index in [0.29, 0.717) is 6.54 Å². The highest BCUT2D eigenvalue weighted by Gasteiger charge is 2.26. The van der Waals surface area contributed by atoms with Gasteiger partial charge < -0.3 is 15.7 Å². The van der Waals surface area contributed by atoms with E-state index < -0.39 is 0 Å². The molecule has 1 atom stereocenters. The Hall–Kier alpha value is -1.20. The first kappa shape index (κ1) is 10.3. The second kappa shape index (κ2) is 4.55. The molecule has 82 valence electrons. The Morgan fingerprint density at radius 1 is 1.47 bits per heavy atom. The predicted octanol–water partition coefficient (Wildman–Crippen LogP) is -0.104. The molecule has 15 heavy (non-hydrogen) atoms. The summed E-state index contributed by atoms with van der Waals surface area (Å²) in [7, 11) is 0. The molecule has 5 heteroatoms. The number of aliphatic hydroxyl groups excluding tert-OH is 1. The molecule has 0 bridgehead atoms. The van der Waals surface area contributed by atoms with Gasteiger partial charge in [-0.3, -0.25) is 4.98 Å². The first-order valence-electron chi connectivity index (χ1n) is 5.24. The number of hydrogen-bond acceptors (Lipinski definition) is 5. The van der Waals surface area contributed by atoms with Gasteiger partial charge in [-0.15, -0.1) is 0 Å². The summed E-state index contributed by atoms with van der Waals surface area (Å²) in [6, 6.07) is 0.173. The van der Waals surface area contributed by atoms with Crippen molar-refractivity contribution in [1.29, 1.82) is 0 Å². The Kier molecular flexibility index (Phi) is 3.13. The van der Waals surface area contributed by atoms with Crippen LogP contribution in [0.4, 0.5) is 5.82 Å². The van der Waals surface area contributed by atoms with E-state index in [4.69, 9.17) is 5.73 Å². The molecule has 2 rings (SSSR count). The summed E-state index contributed by atoms with van der Waals surface area (Å²) in [4.78, 5) is 10.6. The lowest BCUT2D eigenvalue weighted by Crippen LogP contribution is -2.34. The molecule has 0 aromatic carbocycles. The molecular formula is C10H16N4O. The average Bonchev–Trinajstić information content (AvgIpc) is 2.76. The van der Waals surface area contributed by atoms with Crippen LogP contribution in [0.25, 0.3) is 0 Å². The number of rotatable bonds is 3. The molecule has 1 aliphatic heterocycles. The molecule has 0 aliphatic carbocycles. The SMILES string of the molecule is NCc1nccnc1N1CCCC1CO. The summed E-state index contributed by atoms with van der Waals surface area (Å²) >= 11 is 0. The number of nitrogens with zero attached hydrogens (tertiary/aromatic N) is 3. The van der Waals surface area contributed by atoms with Gasteiger partial charge in [0.05, 0.1) is 18.3 Å². The molecule has 0 amide bonds. The fraction of sp³-hybridized carbons (Fsp3) is 0.600. The van der Waals surface area contributed by atoms with Crippen molar-refractivity contribution in [3.8, 4) is 0 Å². The van der Waals surface area contributed by atoms with E-state index >= 15 is 0 Å². The van der Waals surface area contributed by atoms with Crippen LogP contribution >= 0.6 is 0 Å². The summed E-state index contributed by atoms with van der Waals surface area (Å²) in [5, 5.41) is 9.24. The highest BCUT2D eigenvalue weighted by Crippen LogP contribution is 2.24. The largest absolute Gasteiger partial charge is 0.394 e. The molecule has 0 spiro atoms. The van der Waals surface area contributed by atoms with Gasteiger partial charge >= 0.3 is 0 Å². The van der Waals surface area contributed by atoms with Gasteiger partial charge in [-0.05, 0) is 12.8 Å². The van der Waals surface area contributed by atoms with Crippen LogP contribution in [0.1, 0.15) is 18.5 Å². The smallest absolute Gasteiger partial charge is 0.151 e. The standard InChI is InChI=1S/C10H16N4O/c11-6-9-10(13-4-3-12-9)14-5-1-2-8(14)7-15/h3-4,8,15H,1-2,5-7,11H2. The van der Waals surface area contributed by atoms with E-state index in [2.05, 4.69) is 14.9 Å². The monoisotopic (exact) mass is 208 g/mol. The van der Waals surface area contributed by atoms with Gasteiger partial charge in [0, 0.05) is 25.5 Å². The van der Waals surface area contributed by atoms with Crippen LogP contribution < -0.4 is 10.6 Å². The van der Waals surface area contributed by atoms with E-state index in [1.807, 2.05) is 0 Å². The van der Waals surface area contributed by atoms with Crippen LogP contribution in [-0.2, 0) is 6.54 Å². The molecule has 1 saturated heterocycles. The zero-order chi connectivity index (χ0) is 10.7. The van der Waals surface area contributed by atoms with Crippen molar-refractivity contribution in [3.63, 3.8) is 0 Å². The highest BCUT2D eigenvalue weighted by atomic mass is 16.3. The van der Waals surface area contributed by atoms with Gasteiger partial charge in [-0.1, -0.05) is 0 Å². The fourth-order valence-electron chi connectivity index (χ4n) is 2.05. The quantitative estimate of drug-likeness (QED) is 0.725. The van der Waals surface area contributed by atoms with Crippen molar-refractivity contribution in [2.75, 3.05) is 18.1 Å². The van der Waals surface area contributed by atoms with Gasteiger partial charge in [0.25, 0.3) is 0 Å². The molecule has 0 radical (unpaired) electrons. The van der Waals surface area contributed by atoms with Crippen molar-refractivity contribution in [2.45, 2.75) is 25.4 Å². The van der Waals surface area contributed by atoms with Gasteiger partial charge in [0.1, 0.15) is 0 Å². The molecule has 5 nitrogen and oxygen atoms in total. The third-order valence-electron chi connectivity index (χ3n) is 2.81. The first-order chi connectivity index (χ1) is 7.36. The topological polar surface area (TPSA) is 75.3 Å². The normalized spacial score (nSPS) is 20.9. The predicted molar refractivity (Wildman–Crippen MR) is 57.4 cm³/mol. The lowest BCUT2D eigenvalue weighted by molar-refractivity contribution is 0.266. The molecule has 1 aliphatic rings. The highest BCUT2D eigenvalue weighted by molar-refractivity contribution is 5.45. The van der Waals surface area contributed by atoms with Gasteiger partial charge in [-0.25, -0.2) is 4.98 Å². The Morgan fingerprint density at radius 3 is 3.00 bits per heavy atom. The molecule has 1 aromatic rings. The van der Waals surface area contributed by atoms with Crippen molar-refractivity contribution in [1.82, 2.24) is 9.97 Å². The number of nitrogens with two attached hydrogens (primary N) is 1. The maximum Gasteiger partial charge on any atom is 0.151 e. The maximum absolute atomic E-state index is 9.24. The lowest BCUT2D eigenvalue weighted by Gasteiger charge is -2.25. The summed E-state index contributed by atoms with van der Waals surface area (Å²) < 4.78 is 0. The van der Waals surface area contributed by atoms with Crippen molar-refractivity contribution in [2.24, 2.45) is 5.73 Å². The van der Waals surface area contributed by atoms with Gasteiger partial charge in [-0.2, -0.15) is 0 Å². The van der Waals surface area contributed by atoms with E-state index in [-0.39, 0.29) is 12.6 Å². The van der Waals surface area contributed by atoms with Crippen LogP contribution in [0.3, 0.4) is 0 Å². The number of aromatic nitrogens is 2. The molecule has 1 unspecified atom stereocenters. The summed E-state index contributed by atoms with van der Waals surface area (Å²) in [6.45, 7) is 1.48. The van der Waals surface area contributed by atoms with E-state index in [1.54, 1.807) is 12.4 Å². The Bertz CT molecular complexity index is 331. The second-order valence-electron chi connectivity index (χ2n) is 3.70.